The number of hydrogen-bond acceptors (Lipinski definition) is 1. The lowest BCUT2D eigenvalue weighted by molar-refractivity contribution is -0.119. The third kappa shape index (κ3) is 1.70. The van der Waals surface area contributed by atoms with Crippen LogP contribution in [0.1, 0.15) is 17.5 Å². The van der Waals surface area contributed by atoms with Crippen molar-refractivity contribution in [2.45, 2.75) is 11.8 Å². The molecule has 0 aromatic heterocycles. The van der Waals surface area contributed by atoms with Crippen molar-refractivity contribution in [1.82, 2.24) is 5.32 Å². The normalized spacial score (nSPS) is 17.4. The second-order valence-corrected chi connectivity index (χ2v) is 4.77. The van der Waals surface area contributed by atoms with Crippen LogP contribution in [0.25, 0.3) is 0 Å². The summed E-state index contributed by atoms with van der Waals surface area (Å²) in [6, 6.07) is 20.6. The lowest BCUT2D eigenvalue weighted by Gasteiger charge is -2.28. The van der Waals surface area contributed by atoms with Crippen molar-refractivity contribution in [1.29, 1.82) is 0 Å². The largest absolute Gasteiger partial charge is 0.355 e. The Hall–Kier alpha value is -2.09. The Bertz CT molecular complexity index is 508. The van der Waals surface area contributed by atoms with Crippen molar-refractivity contribution in [3.05, 3.63) is 71.8 Å². The average molecular weight is 237 g/mol. The maximum Gasteiger partial charge on any atom is 0.221 e. The van der Waals surface area contributed by atoms with Crippen LogP contribution in [-0.2, 0) is 10.2 Å². The van der Waals surface area contributed by atoms with E-state index in [1.54, 1.807) is 0 Å². The average Bonchev–Trinajstić information content (AvgIpc) is 2.84. The molecule has 1 saturated heterocycles. The van der Waals surface area contributed by atoms with Gasteiger partial charge in [-0.1, -0.05) is 60.7 Å². The maximum absolute atomic E-state index is 11.7. The number of rotatable bonds is 2. The molecule has 3 rings (SSSR count). The molecule has 2 heteroatoms. The molecule has 0 saturated carbocycles. The first-order chi connectivity index (χ1) is 8.81. The number of nitrogens with one attached hydrogen (secondary N) is 1. The molecule has 1 aliphatic rings. The summed E-state index contributed by atoms with van der Waals surface area (Å²) in [5.41, 5.74) is 2.20. The molecule has 1 heterocycles. The van der Waals surface area contributed by atoms with Crippen LogP contribution in [-0.4, -0.2) is 12.5 Å². The molecular formula is C16H15NO. The molecule has 0 aliphatic carbocycles. The first-order valence-corrected chi connectivity index (χ1v) is 6.19. The van der Waals surface area contributed by atoms with Gasteiger partial charge in [-0.15, -0.1) is 0 Å². The van der Waals surface area contributed by atoms with Crippen LogP contribution in [0.2, 0.25) is 0 Å². The van der Waals surface area contributed by atoms with Crippen LogP contribution in [0.15, 0.2) is 60.7 Å². The van der Waals surface area contributed by atoms with E-state index in [9.17, 15) is 4.79 Å². The molecule has 2 aromatic rings. The fraction of sp³-hybridized carbons (Fsp3) is 0.188. The summed E-state index contributed by atoms with van der Waals surface area (Å²) in [4.78, 5) is 11.7. The number of carbonyl (C=O) groups excluding carboxylic acids is 1. The summed E-state index contributed by atoms with van der Waals surface area (Å²) in [5.74, 6) is 0.128. The second kappa shape index (κ2) is 4.30. The van der Waals surface area contributed by atoms with Gasteiger partial charge < -0.3 is 5.32 Å². The molecular weight excluding hydrogens is 222 g/mol. The van der Waals surface area contributed by atoms with Crippen LogP contribution in [0.5, 0.6) is 0 Å². The van der Waals surface area contributed by atoms with Crippen LogP contribution < -0.4 is 5.32 Å². The predicted molar refractivity (Wildman–Crippen MR) is 71.3 cm³/mol. The predicted octanol–water partition coefficient (Wildman–Crippen LogP) is 2.49. The fourth-order valence-electron chi connectivity index (χ4n) is 2.74. The highest BCUT2D eigenvalue weighted by Crippen LogP contribution is 2.37. The van der Waals surface area contributed by atoms with E-state index in [-0.39, 0.29) is 11.3 Å². The van der Waals surface area contributed by atoms with Crippen LogP contribution in [0.3, 0.4) is 0 Å². The Balaban J connectivity index is 2.14. The minimum atomic E-state index is -0.209. The summed E-state index contributed by atoms with van der Waals surface area (Å²) >= 11 is 0. The van der Waals surface area contributed by atoms with E-state index in [1.807, 2.05) is 36.4 Å². The highest BCUT2D eigenvalue weighted by atomic mass is 16.1. The molecule has 18 heavy (non-hydrogen) atoms. The molecule has 1 fully saturated rings. The van der Waals surface area contributed by atoms with E-state index in [2.05, 4.69) is 29.6 Å². The van der Waals surface area contributed by atoms with Gasteiger partial charge in [0.25, 0.3) is 0 Å². The van der Waals surface area contributed by atoms with Crippen LogP contribution >= 0.6 is 0 Å². The van der Waals surface area contributed by atoms with E-state index < -0.39 is 0 Å². The number of amides is 1. The van der Waals surface area contributed by atoms with Crippen molar-refractivity contribution in [3.63, 3.8) is 0 Å². The standard InChI is InChI=1S/C16H15NO/c18-15-11-16(12-17-15,13-7-3-1-4-8-13)14-9-5-2-6-10-14/h1-10H,11-12H2,(H,17,18). The molecule has 90 valence electrons. The Labute approximate surface area is 107 Å². The molecule has 0 bridgehead atoms. The van der Waals surface area contributed by atoms with E-state index in [4.69, 9.17) is 0 Å². The fourth-order valence-corrected chi connectivity index (χ4v) is 2.74. The summed E-state index contributed by atoms with van der Waals surface area (Å²) < 4.78 is 0. The summed E-state index contributed by atoms with van der Waals surface area (Å²) in [6.07, 6.45) is 0.529. The molecule has 0 unspecified atom stereocenters. The van der Waals surface area contributed by atoms with Gasteiger partial charge in [0.1, 0.15) is 0 Å². The minimum Gasteiger partial charge on any atom is -0.355 e. The van der Waals surface area contributed by atoms with E-state index in [0.29, 0.717) is 13.0 Å². The Kier molecular flexibility index (Phi) is 2.63. The van der Waals surface area contributed by atoms with Gasteiger partial charge in [0.15, 0.2) is 0 Å². The van der Waals surface area contributed by atoms with Gasteiger partial charge in [-0.3, -0.25) is 4.79 Å². The van der Waals surface area contributed by atoms with E-state index in [0.717, 1.165) is 0 Å². The van der Waals surface area contributed by atoms with E-state index >= 15 is 0 Å². The number of benzene rings is 2. The van der Waals surface area contributed by atoms with Gasteiger partial charge in [0, 0.05) is 18.4 Å². The van der Waals surface area contributed by atoms with Crippen molar-refractivity contribution in [2.24, 2.45) is 0 Å². The first-order valence-electron chi connectivity index (χ1n) is 6.19. The summed E-state index contributed by atoms with van der Waals surface area (Å²) in [7, 11) is 0. The van der Waals surface area contributed by atoms with Gasteiger partial charge >= 0.3 is 0 Å². The number of hydrogen-bond donors (Lipinski definition) is 1. The second-order valence-electron chi connectivity index (χ2n) is 4.77. The molecule has 0 atom stereocenters. The first kappa shape index (κ1) is 11.0. The van der Waals surface area contributed by atoms with Crippen molar-refractivity contribution in [3.8, 4) is 0 Å². The highest BCUT2D eigenvalue weighted by Gasteiger charge is 2.41. The molecule has 2 nitrogen and oxygen atoms in total. The summed E-state index contributed by atoms with van der Waals surface area (Å²) in [6.45, 7) is 0.680. The van der Waals surface area contributed by atoms with Gasteiger partial charge in [0.2, 0.25) is 5.91 Å². The molecule has 2 aromatic carbocycles. The zero-order valence-electron chi connectivity index (χ0n) is 10.1. The SMILES string of the molecule is O=C1CC(c2ccccc2)(c2ccccc2)CN1. The van der Waals surface area contributed by atoms with Crippen LogP contribution in [0.4, 0.5) is 0 Å². The smallest absolute Gasteiger partial charge is 0.221 e. The summed E-state index contributed by atoms with van der Waals surface area (Å²) in [5, 5.41) is 2.97. The zero-order chi connectivity index (χ0) is 12.4. The highest BCUT2D eigenvalue weighted by molar-refractivity contribution is 5.82. The third-order valence-electron chi connectivity index (χ3n) is 3.70. The Morgan fingerprint density at radius 3 is 1.72 bits per heavy atom. The minimum absolute atomic E-state index is 0.128. The lowest BCUT2D eigenvalue weighted by atomic mass is 9.74. The van der Waals surface area contributed by atoms with Gasteiger partial charge in [-0.2, -0.15) is 0 Å². The Morgan fingerprint density at radius 2 is 1.33 bits per heavy atom. The molecule has 0 spiro atoms. The monoisotopic (exact) mass is 237 g/mol. The Morgan fingerprint density at radius 1 is 0.833 bits per heavy atom. The van der Waals surface area contributed by atoms with Crippen LogP contribution in [0, 0.1) is 0 Å². The lowest BCUT2D eigenvalue weighted by Crippen LogP contribution is -2.30. The van der Waals surface area contributed by atoms with Gasteiger partial charge in [-0.05, 0) is 11.1 Å². The van der Waals surface area contributed by atoms with Gasteiger partial charge in [-0.25, -0.2) is 0 Å². The maximum atomic E-state index is 11.7. The van der Waals surface area contributed by atoms with Crippen molar-refractivity contribution in [2.75, 3.05) is 6.54 Å². The number of carbonyl (C=O) groups is 1. The third-order valence-corrected chi connectivity index (χ3v) is 3.70. The van der Waals surface area contributed by atoms with E-state index in [1.165, 1.54) is 11.1 Å². The quantitative estimate of drug-likeness (QED) is 0.854. The molecule has 1 aliphatic heterocycles. The zero-order valence-corrected chi connectivity index (χ0v) is 10.1. The van der Waals surface area contributed by atoms with Gasteiger partial charge in [0.05, 0.1) is 0 Å². The van der Waals surface area contributed by atoms with Crippen molar-refractivity contribution >= 4 is 5.91 Å². The van der Waals surface area contributed by atoms with Crippen molar-refractivity contribution < 1.29 is 4.79 Å². The molecule has 1 amide bonds. The topological polar surface area (TPSA) is 29.1 Å². The molecule has 0 radical (unpaired) electrons. The molecule has 1 N–H and O–H groups in total.